The van der Waals surface area contributed by atoms with Crippen LogP contribution in [0.15, 0.2) is 24.3 Å². The molecule has 0 atom stereocenters. The van der Waals surface area contributed by atoms with Gasteiger partial charge in [0, 0.05) is 29.8 Å². The van der Waals surface area contributed by atoms with Gasteiger partial charge < -0.3 is 4.90 Å². The molecule has 0 aliphatic carbocycles. The molecular formula is C14H13ClN4. The Morgan fingerprint density at radius 3 is 2.53 bits per heavy atom. The Labute approximate surface area is 116 Å². The van der Waals surface area contributed by atoms with Gasteiger partial charge in [-0.25, -0.2) is 0 Å². The minimum Gasteiger partial charge on any atom is -0.355 e. The first-order chi connectivity index (χ1) is 9.29. The van der Waals surface area contributed by atoms with E-state index in [1.54, 1.807) is 0 Å². The van der Waals surface area contributed by atoms with Gasteiger partial charge in [-0.3, -0.25) is 0 Å². The Morgan fingerprint density at radius 2 is 1.84 bits per heavy atom. The van der Waals surface area contributed by atoms with Gasteiger partial charge in [0.2, 0.25) is 0 Å². The third kappa shape index (κ3) is 2.22. The number of nitrogens with zero attached hydrogens (tertiary/aromatic N) is 4. The lowest BCUT2D eigenvalue weighted by Crippen LogP contribution is -2.34. The third-order valence-corrected chi connectivity index (χ3v) is 3.88. The summed E-state index contributed by atoms with van der Waals surface area (Å²) in [5.74, 6) is 1.04. The van der Waals surface area contributed by atoms with Gasteiger partial charge in [-0.05, 0) is 12.8 Å². The molecule has 0 N–H and O–H groups in total. The molecule has 19 heavy (non-hydrogen) atoms. The van der Waals surface area contributed by atoms with Crippen LogP contribution in [0.2, 0.25) is 5.15 Å². The van der Waals surface area contributed by atoms with Crippen molar-refractivity contribution < 1.29 is 0 Å². The van der Waals surface area contributed by atoms with E-state index in [0.717, 1.165) is 42.5 Å². The van der Waals surface area contributed by atoms with Crippen LogP contribution < -0.4 is 4.90 Å². The monoisotopic (exact) mass is 272 g/mol. The van der Waals surface area contributed by atoms with Gasteiger partial charge in [0.15, 0.2) is 11.0 Å². The van der Waals surface area contributed by atoms with E-state index in [4.69, 9.17) is 16.9 Å². The molecule has 1 aliphatic heterocycles. The molecule has 1 aromatic carbocycles. The predicted molar refractivity (Wildman–Crippen MR) is 75.1 cm³/mol. The Hall–Kier alpha value is -1.86. The van der Waals surface area contributed by atoms with Crippen LogP contribution in [0.5, 0.6) is 0 Å². The fourth-order valence-corrected chi connectivity index (χ4v) is 2.71. The zero-order chi connectivity index (χ0) is 13.2. The molecule has 3 rings (SSSR count). The standard InChI is InChI=1S/C14H13ClN4/c15-13-11-3-1-2-4-12(11)14(18-17-13)19-7-5-10(9-16)6-8-19/h1-4,10H,5-8H2. The summed E-state index contributed by atoms with van der Waals surface area (Å²) in [4.78, 5) is 2.19. The Bertz CT molecular complexity index is 641. The molecule has 96 valence electrons. The first kappa shape index (κ1) is 12.2. The number of anilines is 1. The number of fused-ring (bicyclic) bond motifs is 1. The van der Waals surface area contributed by atoms with Crippen molar-refractivity contribution in [2.45, 2.75) is 12.8 Å². The van der Waals surface area contributed by atoms with E-state index >= 15 is 0 Å². The van der Waals surface area contributed by atoms with Gasteiger partial charge in [-0.15, -0.1) is 10.2 Å². The normalized spacial score (nSPS) is 16.5. The largest absolute Gasteiger partial charge is 0.355 e. The van der Waals surface area contributed by atoms with Crippen molar-refractivity contribution in [1.82, 2.24) is 10.2 Å². The molecule has 2 aromatic rings. The molecule has 1 aliphatic rings. The number of hydrogen-bond acceptors (Lipinski definition) is 4. The fraction of sp³-hybridized carbons (Fsp3) is 0.357. The van der Waals surface area contributed by atoms with Crippen LogP contribution in [-0.4, -0.2) is 23.3 Å². The Morgan fingerprint density at radius 1 is 1.16 bits per heavy atom. The predicted octanol–water partition coefficient (Wildman–Crippen LogP) is 3.02. The second kappa shape index (κ2) is 5.02. The quantitative estimate of drug-likeness (QED) is 0.801. The SMILES string of the molecule is N#CC1CCN(c2nnc(Cl)c3ccccc23)CC1. The lowest BCUT2D eigenvalue weighted by Gasteiger charge is -2.30. The summed E-state index contributed by atoms with van der Waals surface area (Å²) in [6.07, 6.45) is 1.77. The van der Waals surface area contributed by atoms with Crippen molar-refractivity contribution in [2.24, 2.45) is 5.92 Å². The zero-order valence-corrected chi connectivity index (χ0v) is 11.1. The van der Waals surface area contributed by atoms with Crippen LogP contribution in [0.1, 0.15) is 12.8 Å². The second-order valence-corrected chi connectivity index (χ2v) is 5.11. The van der Waals surface area contributed by atoms with Crippen LogP contribution in [0.4, 0.5) is 5.82 Å². The maximum absolute atomic E-state index is 8.94. The van der Waals surface area contributed by atoms with Crippen LogP contribution in [0, 0.1) is 17.2 Å². The maximum Gasteiger partial charge on any atom is 0.159 e. The Balaban J connectivity index is 1.98. The summed E-state index contributed by atoms with van der Waals surface area (Å²) >= 11 is 6.08. The van der Waals surface area contributed by atoms with Gasteiger partial charge in [-0.2, -0.15) is 5.26 Å². The molecule has 0 bridgehead atoms. The lowest BCUT2D eigenvalue weighted by atomic mass is 9.98. The number of rotatable bonds is 1. The average molecular weight is 273 g/mol. The van der Waals surface area contributed by atoms with Crippen LogP contribution >= 0.6 is 11.6 Å². The zero-order valence-electron chi connectivity index (χ0n) is 10.4. The first-order valence-corrected chi connectivity index (χ1v) is 6.73. The minimum atomic E-state index is 0.169. The van der Waals surface area contributed by atoms with E-state index in [1.807, 2.05) is 24.3 Å². The summed E-state index contributed by atoms with van der Waals surface area (Å²) in [7, 11) is 0. The van der Waals surface area contributed by atoms with Crippen molar-refractivity contribution >= 4 is 28.2 Å². The highest BCUT2D eigenvalue weighted by molar-refractivity contribution is 6.34. The van der Waals surface area contributed by atoms with Crippen LogP contribution in [0.3, 0.4) is 0 Å². The van der Waals surface area contributed by atoms with E-state index in [1.165, 1.54) is 0 Å². The van der Waals surface area contributed by atoms with Gasteiger partial charge in [0.25, 0.3) is 0 Å². The van der Waals surface area contributed by atoms with E-state index in [-0.39, 0.29) is 5.92 Å². The molecule has 0 unspecified atom stereocenters. The number of nitriles is 1. The molecule has 1 saturated heterocycles. The van der Waals surface area contributed by atoms with Crippen molar-refractivity contribution in [1.29, 1.82) is 5.26 Å². The molecule has 0 amide bonds. The van der Waals surface area contributed by atoms with Crippen LogP contribution in [-0.2, 0) is 0 Å². The number of halogens is 1. The van der Waals surface area contributed by atoms with E-state index < -0.39 is 0 Å². The summed E-state index contributed by atoms with van der Waals surface area (Å²) in [6.45, 7) is 1.69. The van der Waals surface area contributed by atoms with E-state index in [0.29, 0.717) is 5.15 Å². The topological polar surface area (TPSA) is 52.8 Å². The van der Waals surface area contributed by atoms with Crippen molar-refractivity contribution in [3.63, 3.8) is 0 Å². The smallest absolute Gasteiger partial charge is 0.159 e. The van der Waals surface area contributed by atoms with Crippen LogP contribution in [0.25, 0.3) is 10.8 Å². The summed E-state index contributed by atoms with van der Waals surface area (Å²) < 4.78 is 0. The number of hydrogen-bond donors (Lipinski definition) is 0. The lowest BCUT2D eigenvalue weighted by molar-refractivity contribution is 0.485. The van der Waals surface area contributed by atoms with Gasteiger partial charge in [-0.1, -0.05) is 35.9 Å². The summed E-state index contributed by atoms with van der Waals surface area (Å²) in [5.41, 5.74) is 0. The molecule has 1 fully saturated rings. The van der Waals surface area contributed by atoms with E-state index in [9.17, 15) is 0 Å². The highest BCUT2D eigenvalue weighted by atomic mass is 35.5. The minimum absolute atomic E-state index is 0.169. The number of benzene rings is 1. The van der Waals surface area contributed by atoms with Crippen molar-refractivity contribution in [3.8, 4) is 6.07 Å². The molecule has 5 heteroatoms. The summed E-state index contributed by atoms with van der Waals surface area (Å²) in [5, 5.41) is 19.6. The first-order valence-electron chi connectivity index (χ1n) is 6.35. The van der Waals surface area contributed by atoms with Gasteiger partial charge >= 0.3 is 0 Å². The average Bonchev–Trinajstić information content (AvgIpc) is 2.48. The second-order valence-electron chi connectivity index (χ2n) is 4.75. The molecular weight excluding hydrogens is 260 g/mol. The van der Waals surface area contributed by atoms with Crippen molar-refractivity contribution in [3.05, 3.63) is 29.4 Å². The van der Waals surface area contributed by atoms with Gasteiger partial charge in [0.05, 0.1) is 6.07 Å². The molecule has 0 saturated carbocycles. The number of piperidine rings is 1. The molecule has 2 heterocycles. The molecule has 0 spiro atoms. The molecule has 1 aromatic heterocycles. The Kier molecular flexibility index (Phi) is 3.22. The number of aromatic nitrogens is 2. The van der Waals surface area contributed by atoms with Crippen molar-refractivity contribution in [2.75, 3.05) is 18.0 Å². The van der Waals surface area contributed by atoms with E-state index in [2.05, 4.69) is 21.2 Å². The maximum atomic E-state index is 8.94. The fourth-order valence-electron chi connectivity index (χ4n) is 2.51. The molecule has 4 nitrogen and oxygen atoms in total. The highest BCUT2D eigenvalue weighted by Crippen LogP contribution is 2.30. The highest BCUT2D eigenvalue weighted by Gasteiger charge is 2.21. The summed E-state index contributed by atoms with van der Waals surface area (Å²) in [6, 6.07) is 10.2. The third-order valence-electron chi connectivity index (χ3n) is 3.60. The molecule has 0 radical (unpaired) electrons. The van der Waals surface area contributed by atoms with Gasteiger partial charge in [0.1, 0.15) is 0 Å².